The van der Waals surface area contributed by atoms with Crippen LogP contribution >= 0.6 is 0 Å². The van der Waals surface area contributed by atoms with Crippen molar-refractivity contribution in [3.63, 3.8) is 0 Å². The molecule has 2 fully saturated rings. The summed E-state index contributed by atoms with van der Waals surface area (Å²) >= 11 is 0. The van der Waals surface area contributed by atoms with Crippen molar-refractivity contribution in [1.82, 2.24) is 9.80 Å². The Morgan fingerprint density at radius 2 is 1.87 bits per heavy atom. The first-order valence-electron chi connectivity index (χ1n) is 7.94. The average Bonchev–Trinajstić information content (AvgIpc) is 2.86. The highest BCUT2D eigenvalue weighted by atomic mass is 19.1. The maximum atomic E-state index is 12.8. The summed E-state index contributed by atoms with van der Waals surface area (Å²) in [4.78, 5) is 27.8. The molecule has 0 unspecified atom stereocenters. The van der Waals surface area contributed by atoms with Gasteiger partial charge < -0.3 is 14.5 Å². The molecule has 0 saturated carbocycles. The minimum Gasteiger partial charge on any atom is -0.487 e. The lowest BCUT2D eigenvalue weighted by molar-refractivity contribution is -0.144. The lowest BCUT2D eigenvalue weighted by Gasteiger charge is -2.40. The van der Waals surface area contributed by atoms with Gasteiger partial charge in [-0.05, 0) is 38.1 Å². The van der Waals surface area contributed by atoms with Crippen LogP contribution in [0.1, 0.15) is 20.3 Å². The molecule has 1 atom stereocenters. The van der Waals surface area contributed by atoms with Crippen molar-refractivity contribution in [2.45, 2.75) is 32.4 Å². The van der Waals surface area contributed by atoms with Gasteiger partial charge in [0.1, 0.15) is 17.7 Å². The predicted molar refractivity (Wildman–Crippen MR) is 82.4 cm³/mol. The van der Waals surface area contributed by atoms with Crippen LogP contribution in [0.2, 0.25) is 0 Å². The van der Waals surface area contributed by atoms with Crippen LogP contribution in [0.5, 0.6) is 5.75 Å². The molecule has 0 aliphatic carbocycles. The van der Waals surface area contributed by atoms with Crippen LogP contribution < -0.4 is 4.74 Å². The highest BCUT2D eigenvalue weighted by Crippen LogP contribution is 2.25. The number of carbonyl (C=O) groups is 2. The van der Waals surface area contributed by atoms with Crippen molar-refractivity contribution >= 4 is 11.8 Å². The quantitative estimate of drug-likeness (QED) is 0.848. The third-order valence-corrected chi connectivity index (χ3v) is 4.41. The van der Waals surface area contributed by atoms with Crippen molar-refractivity contribution in [3.05, 3.63) is 30.1 Å². The Hall–Kier alpha value is -2.11. The number of ether oxygens (including phenoxy) is 1. The van der Waals surface area contributed by atoms with Gasteiger partial charge in [0.15, 0.2) is 0 Å². The number of benzene rings is 1. The second kappa shape index (κ2) is 6.18. The molecular formula is C17H21FN2O3. The fourth-order valence-corrected chi connectivity index (χ4v) is 3.05. The Kier molecular flexibility index (Phi) is 4.24. The van der Waals surface area contributed by atoms with Gasteiger partial charge in [0, 0.05) is 19.0 Å². The largest absolute Gasteiger partial charge is 0.487 e. The summed E-state index contributed by atoms with van der Waals surface area (Å²) in [6, 6.07) is 5.99. The van der Waals surface area contributed by atoms with Crippen LogP contribution in [0, 0.1) is 11.7 Å². The van der Waals surface area contributed by atoms with Crippen molar-refractivity contribution in [1.29, 1.82) is 0 Å². The second-order valence-electron chi connectivity index (χ2n) is 6.48. The first-order valence-corrected chi connectivity index (χ1v) is 7.94. The minimum absolute atomic E-state index is 0.0282. The molecule has 2 amide bonds. The number of likely N-dealkylation sites (tertiary alicyclic amines) is 2. The number of hydrogen-bond acceptors (Lipinski definition) is 3. The zero-order valence-electron chi connectivity index (χ0n) is 13.4. The Bertz CT molecular complexity index is 596. The topological polar surface area (TPSA) is 49.9 Å². The lowest BCUT2D eigenvalue weighted by Crippen LogP contribution is -2.57. The number of nitrogens with zero attached hydrogens (tertiary/aromatic N) is 2. The van der Waals surface area contributed by atoms with Crippen LogP contribution in [0.15, 0.2) is 24.3 Å². The summed E-state index contributed by atoms with van der Waals surface area (Å²) in [6.45, 7) is 5.46. The molecule has 3 rings (SSSR count). The molecule has 2 heterocycles. The monoisotopic (exact) mass is 320 g/mol. The number of rotatable bonds is 4. The van der Waals surface area contributed by atoms with Gasteiger partial charge in [-0.25, -0.2) is 4.39 Å². The summed E-state index contributed by atoms with van der Waals surface area (Å²) in [6.07, 6.45) is 0.236. The van der Waals surface area contributed by atoms with E-state index in [0.29, 0.717) is 31.8 Å². The van der Waals surface area contributed by atoms with E-state index in [1.807, 2.05) is 13.8 Å². The smallest absolute Gasteiger partial charge is 0.228 e. The van der Waals surface area contributed by atoms with E-state index in [4.69, 9.17) is 4.74 Å². The normalized spacial score (nSPS) is 21.7. The summed E-state index contributed by atoms with van der Waals surface area (Å²) in [5, 5.41) is 0. The summed E-state index contributed by atoms with van der Waals surface area (Å²) < 4.78 is 18.5. The average molecular weight is 320 g/mol. The molecule has 124 valence electrons. The van der Waals surface area contributed by atoms with Crippen LogP contribution in [0.4, 0.5) is 4.39 Å². The van der Waals surface area contributed by atoms with Gasteiger partial charge in [-0.2, -0.15) is 0 Å². The molecule has 2 aliphatic heterocycles. The van der Waals surface area contributed by atoms with Gasteiger partial charge >= 0.3 is 0 Å². The molecule has 2 saturated heterocycles. The Morgan fingerprint density at radius 3 is 2.43 bits per heavy atom. The maximum absolute atomic E-state index is 12.8. The number of halogens is 1. The summed E-state index contributed by atoms with van der Waals surface area (Å²) in [5.74, 6) is 0.143. The van der Waals surface area contributed by atoms with E-state index in [1.54, 1.807) is 21.9 Å². The highest BCUT2D eigenvalue weighted by molar-refractivity contribution is 5.89. The molecule has 0 bridgehead atoms. The number of carbonyl (C=O) groups excluding carboxylic acids is 2. The molecule has 0 N–H and O–H groups in total. The summed E-state index contributed by atoms with van der Waals surface area (Å²) in [5.41, 5.74) is 0. The van der Waals surface area contributed by atoms with E-state index in [1.165, 1.54) is 12.1 Å². The summed E-state index contributed by atoms with van der Waals surface area (Å²) in [7, 11) is 0. The molecule has 23 heavy (non-hydrogen) atoms. The van der Waals surface area contributed by atoms with E-state index in [-0.39, 0.29) is 35.7 Å². The van der Waals surface area contributed by atoms with Crippen molar-refractivity contribution in [3.8, 4) is 5.75 Å². The third-order valence-electron chi connectivity index (χ3n) is 4.41. The first-order chi connectivity index (χ1) is 10.9. The zero-order valence-corrected chi connectivity index (χ0v) is 13.4. The molecule has 0 aromatic heterocycles. The molecule has 0 radical (unpaired) electrons. The lowest BCUT2D eigenvalue weighted by atomic mass is 10.0. The van der Waals surface area contributed by atoms with Crippen LogP contribution in [0.3, 0.4) is 0 Å². The van der Waals surface area contributed by atoms with E-state index in [0.717, 1.165) is 0 Å². The van der Waals surface area contributed by atoms with Gasteiger partial charge in [0.05, 0.1) is 19.0 Å². The van der Waals surface area contributed by atoms with Crippen LogP contribution in [0.25, 0.3) is 0 Å². The van der Waals surface area contributed by atoms with Gasteiger partial charge in [-0.15, -0.1) is 0 Å². The number of amides is 2. The molecule has 0 spiro atoms. The van der Waals surface area contributed by atoms with E-state index < -0.39 is 0 Å². The van der Waals surface area contributed by atoms with Gasteiger partial charge in [-0.3, -0.25) is 9.59 Å². The van der Waals surface area contributed by atoms with E-state index >= 15 is 0 Å². The minimum atomic E-state index is -0.302. The molecular weight excluding hydrogens is 299 g/mol. The number of hydrogen-bond donors (Lipinski definition) is 0. The Balaban J connectivity index is 1.48. The van der Waals surface area contributed by atoms with Crippen LogP contribution in [-0.2, 0) is 9.59 Å². The molecule has 6 heteroatoms. The first kappa shape index (κ1) is 15.8. The third kappa shape index (κ3) is 3.30. The standard InChI is InChI=1S/C17H21FN2O3/c1-11(2)20-8-12(7-16(20)21)17(22)19-9-15(10-19)23-14-5-3-13(18)4-6-14/h3-6,11-12,15H,7-10H2,1-2H3/t12-/m1/s1. The van der Waals surface area contributed by atoms with Crippen molar-refractivity contribution < 1.29 is 18.7 Å². The molecule has 1 aromatic rings. The van der Waals surface area contributed by atoms with Crippen molar-refractivity contribution in [2.75, 3.05) is 19.6 Å². The highest BCUT2D eigenvalue weighted by Gasteiger charge is 2.41. The van der Waals surface area contributed by atoms with Gasteiger partial charge in [0.2, 0.25) is 11.8 Å². The molecule has 1 aromatic carbocycles. The maximum Gasteiger partial charge on any atom is 0.228 e. The van der Waals surface area contributed by atoms with E-state index in [9.17, 15) is 14.0 Å². The second-order valence-corrected chi connectivity index (χ2v) is 6.48. The van der Waals surface area contributed by atoms with E-state index in [2.05, 4.69) is 0 Å². The van der Waals surface area contributed by atoms with Gasteiger partial charge in [0.25, 0.3) is 0 Å². The molecule has 5 nitrogen and oxygen atoms in total. The van der Waals surface area contributed by atoms with Gasteiger partial charge in [-0.1, -0.05) is 0 Å². The Labute approximate surface area is 135 Å². The SMILES string of the molecule is CC(C)N1C[C@H](C(=O)N2CC(Oc3ccc(F)cc3)C2)CC1=O. The molecule has 2 aliphatic rings. The zero-order chi connectivity index (χ0) is 16.6. The predicted octanol–water partition coefficient (Wildman–Crippen LogP) is 1.67. The fourth-order valence-electron chi connectivity index (χ4n) is 3.05. The van der Waals surface area contributed by atoms with Crippen molar-refractivity contribution in [2.24, 2.45) is 5.92 Å². The van der Waals surface area contributed by atoms with Crippen LogP contribution in [-0.4, -0.2) is 53.4 Å². The Morgan fingerprint density at radius 1 is 1.22 bits per heavy atom. The fraction of sp³-hybridized carbons (Fsp3) is 0.529.